The molecule has 3 aromatic carbocycles. The maximum Gasteiger partial charge on any atom is 0.290 e. The lowest BCUT2D eigenvalue weighted by molar-refractivity contribution is -0.122. The molecule has 0 saturated carbocycles. The second kappa shape index (κ2) is 11.1. The summed E-state index contributed by atoms with van der Waals surface area (Å²) in [4.78, 5) is 13.0. The van der Waals surface area contributed by atoms with E-state index in [1.807, 2.05) is 36.4 Å². The molecule has 1 atom stereocenters. The first-order valence-corrected chi connectivity index (χ1v) is 10.3. The highest BCUT2D eigenvalue weighted by atomic mass is 19.1. The zero-order valence-corrected chi connectivity index (χ0v) is 18.4. The van der Waals surface area contributed by atoms with Gasteiger partial charge in [-0.15, -0.1) is 0 Å². The second-order valence-electron chi connectivity index (χ2n) is 7.19. The number of aliphatic imine (C=N–C) groups is 1. The van der Waals surface area contributed by atoms with Gasteiger partial charge in [-0.3, -0.25) is 4.79 Å². The number of carbonyl (C=O) groups is 1. The fourth-order valence-electron chi connectivity index (χ4n) is 3.67. The fourth-order valence-corrected chi connectivity index (χ4v) is 3.67. The van der Waals surface area contributed by atoms with Gasteiger partial charge < -0.3 is 25.1 Å². The van der Waals surface area contributed by atoms with Crippen LogP contribution in [0, 0.1) is 5.82 Å². The van der Waals surface area contributed by atoms with Crippen LogP contribution >= 0.6 is 0 Å². The summed E-state index contributed by atoms with van der Waals surface area (Å²) in [6.45, 7) is -0.617. The smallest absolute Gasteiger partial charge is 0.290 e. The molecule has 178 valence electrons. The first kappa shape index (κ1) is 24.5. The van der Waals surface area contributed by atoms with Crippen LogP contribution < -0.4 is 15.2 Å². The summed E-state index contributed by atoms with van der Waals surface area (Å²) in [6.07, 6.45) is 0. The first-order chi connectivity index (χ1) is 16.5. The highest BCUT2D eigenvalue weighted by Gasteiger charge is 2.40. The molecular formula is C25H24F2N2O5. The summed E-state index contributed by atoms with van der Waals surface area (Å²) >= 11 is 0. The number of carboxylic acid groups (broad SMARTS) is 1. The highest BCUT2D eigenvalue weighted by molar-refractivity contribution is 5.76. The largest absolute Gasteiger partial charge is 0.497 e. The van der Waals surface area contributed by atoms with Crippen LogP contribution in [0.15, 0.2) is 71.7 Å². The minimum atomic E-state index is -0.895. The fraction of sp³-hybridized carbons (Fsp3) is 0.200. The molecule has 0 saturated heterocycles. The van der Waals surface area contributed by atoms with Gasteiger partial charge in [0.1, 0.15) is 37.2 Å². The molecule has 9 heteroatoms. The van der Waals surface area contributed by atoms with Crippen LogP contribution in [-0.2, 0) is 15.1 Å². The third-order valence-corrected chi connectivity index (χ3v) is 5.23. The lowest BCUT2D eigenvalue weighted by Gasteiger charge is -2.26. The van der Waals surface area contributed by atoms with Crippen LogP contribution in [0.5, 0.6) is 11.5 Å². The number of hydrogen-bond acceptors (Lipinski definition) is 6. The normalized spacial score (nSPS) is 16.5. The average Bonchev–Trinajstić information content (AvgIpc) is 3.27. The van der Waals surface area contributed by atoms with Crippen molar-refractivity contribution in [1.29, 1.82) is 0 Å². The van der Waals surface area contributed by atoms with Gasteiger partial charge in [-0.05, 0) is 53.1 Å². The van der Waals surface area contributed by atoms with E-state index < -0.39 is 12.2 Å². The number of ether oxygens (including phenoxy) is 3. The van der Waals surface area contributed by atoms with Crippen molar-refractivity contribution in [2.75, 3.05) is 27.0 Å². The summed E-state index contributed by atoms with van der Waals surface area (Å²) in [5.41, 5.74) is 7.70. The minimum Gasteiger partial charge on any atom is -0.497 e. The van der Waals surface area contributed by atoms with Crippen molar-refractivity contribution in [2.24, 2.45) is 10.7 Å². The van der Waals surface area contributed by atoms with Crippen molar-refractivity contribution in [1.82, 2.24) is 0 Å². The van der Waals surface area contributed by atoms with Crippen LogP contribution in [0.25, 0.3) is 11.1 Å². The molecular weight excluding hydrogens is 446 g/mol. The summed E-state index contributed by atoms with van der Waals surface area (Å²) < 4.78 is 43.0. The maximum absolute atomic E-state index is 14.6. The van der Waals surface area contributed by atoms with Crippen molar-refractivity contribution in [2.45, 2.75) is 5.54 Å². The Bertz CT molecular complexity index is 1150. The quantitative estimate of drug-likeness (QED) is 0.503. The summed E-state index contributed by atoms with van der Waals surface area (Å²) in [5, 5.41) is 6.89. The second-order valence-corrected chi connectivity index (χ2v) is 7.19. The van der Waals surface area contributed by atoms with E-state index in [0.29, 0.717) is 22.6 Å². The minimum absolute atomic E-state index is 0.00709. The molecule has 0 aromatic heterocycles. The molecule has 0 amide bonds. The van der Waals surface area contributed by atoms with E-state index in [0.717, 1.165) is 11.1 Å². The van der Waals surface area contributed by atoms with E-state index in [9.17, 15) is 8.78 Å². The van der Waals surface area contributed by atoms with Crippen LogP contribution in [0.2, 0.25) is 0 Å². The number of methoxy groups -OCH3 is 1. The van der Waals surface area contributed by atoms with E-state index >= 15 is 0 Å². The number of rotatable bonds is 7. The molecule has 3 aromatic rings. The van der Waals surface area contributed by atoms with Crippen LogP contribution in [0.1, 0.15) is 11.1 Å². The average molecular weight is 470 g/mol. The zero-order chi connectivity index (χ0) is 24.6. The van der Waals surface area contributed by atoms with Gasteiger partial charge in [0.2, 0.25) is 0 Å². The van der Waals surface area contributed by atoms with E-state index in [2.05, 4.69) is 4.99 Å². The van der Waals surface area contributed by atoms with Gasteiger partial charge in [0.25, 0.3) is 12.5 Å². The number of halogens is 2. The van der Waals surface area contributed by atoms with Crippen LogP contribution in [0.4, 0.5) is 8.78 Å². The summed E-state index contributed by atoms with van der Waals surface area (Å²) in [7, 11) is 1.54. The lowest BCUT2D eigenvalue weighted by Crippen LogP contribution is -2.27. The Morgan fingerprint density at radius 3 is 2.44 bits per heavy atom. The van der Waals surface area contributed by atoms with Crippen molar-refractivity contribution in [3.05, 3.63) is 83.7 Å². The van der Waals surface area contributed by atoms with Crippen molar-refractivity contribution in [3.63, 3.8) is 0 Å². The van der Waals surface area contributed by atoms with E-state index in [4.69, 9.17) is 29.8 Å². The number of nitrogens with zero attached hydrogens (tertiary/aromatic N) is 1. The lowest BCUT2D eigenvalue weighted by atomic mass is 9.83. The Morgan fingerprint density at radius 1 is 1.12 bits per heavy atom. The number of alkyl halides is 1. The van der Waals surface area contributed by atoms with Crippen molar-refractivity contribution >= 4 is 12.5 Å². The Hall–Kier alpha value is -4.14. The molecule has 1 heterocycles. The van der Waals surface area contributed by atoms with Crippen LogP contribution in [-0.4, -0.2) is 44.6 Å². The van der Waals surface area contributed by atoms with Gasteiger partial charge in [0.05, 0.1) is 7.11 Å². The van der Waals surface area contributed by atoms with E-state index in [1.165, 1.54) is 13.2 Å². The van der Waals surface area contributed by atoms with Crippen LogP contribution in [0.3, 0.4) is 0 Å². The van der Waals surface area contributed by atoms with Gasteiger partial charge in [0, 0.05) is 5.56 Å². The van der Waals surface area contributed by atoms with E-state index in [1.54, 1.807) is 24.3 Å². The molecule has 34 heavy (non-hydrogen) atoms. The Labute approximate surface area is 195 Å². The van der Waals surface area contributed by atoms with Gasteiger partial charge in [0.15, 0.2) is 5.54 Å². The molecule has 0 fully saturated rings. The molecule has 0 aliphatic carbocycles. The van der Waals surface area contributed by atoms with Gasteiger partial charge in [-0.1, -0.05) is 30.3 Å². The number of hydrogen-bond donors (Lipinski definition) is 2. The third kappa shape index (κ3) is 5.25. The molecule has 0 bridgehead atoms. The molecule has 3 N–H and O–H groups in total. The Balaban J connectivity index is 0.00000103. The molecule has 7 nitrogen and oxygen atoms in total. The van der Waals surface area contributed by atoms with Gasteiger partial charge in [-0.2, -0.15) is 0 Å². The maximum atomic E-state index is 14.6. The standard InChI is InChI=1S/C24H22F2N2O3.CH2O2/c1-29-20-9-10-22(26)21(14-20)16-3-2-4-18(13-16)24(15-31-23(27)28-24)17-5-7-19(8-6-17)30-12-11-25;2-1-3/h2-10,13-14H,11-12,15H2,1H3,(H2,27,28);1H,(H,2,3). The number of amidine groups is 1. The molecule has 0 radical (unpaired) electrons. The molecule has 0 spiro atoms. The van der Waals surface area contributed by atoms with Gasteiger partial charge >= 0.3 is 0 Å². The Kier molecular flexibility index (Phi) is 8.02. The highest BCUT2D eigenvalue weighted by Crippen LogP contribution is 2.40. The number of benzene rings is 3. The van der Waals surface area contributed by atoms with Crippen molar-refractivity contribution < 1.29 is 32.9 Å². The molecule has 1 unspecified atom stereocenters. The summed E-state index contributed by atoms with van der Waals surface area (Å²) in [6, 6.07) is 19.3. The molecule has 1 aliphatic rings. The van der Waals surface area contributed by atoms with Crippen molar-refractivity contribution in [3.8, 4) is 22.6 Å². The predicted octanol–water partition coefficient (Wildman–Crippen LogP) is 4.14. The molecule has 4 rings (SSSR count). The first-order valence-electron chi connectivity index (χ1n) is 10.3. The third-order valence-electron chi connectivity index (χ3n) is 5.23. The number of nitrogens with two attached hydrogens (primary N) is 1. The predicted molar refractivity (Wildman–Crippen MR) is 123 cm³/mol. The molecule has 1 aliphatic heterocycles. The zero-order valence-electron chi connectivity index (χ0n) is 18.4. The van der Waals surface area contributed by atoms with E-state index in [-0.39, 0.29) is 31.5 Å². The summed E-state index contributed by atoms with van der Waals surface area (Å²) in [5.74, 6) is 0.763. The topological polar surface area (TPSA) is 103 Å². The Morgan fingerprint density at radius 2 is 1.82 bits per heavy atom. The van der Waals surface area contributed by atoms with Gasteiger partial charge in [-0.25, -0.2) is 13.8 Å². The monoisotopic (exact) mass is 470 g/mol. The SMILES string of the molecule is COc1ccc(F)c(-c2cccc(C3(c4ccc(OCCF)cc4)COC(N)=N3)c2)c1.O=CO.